The SMILES string of the molecule is C=CCN(CC(=O)N1CCc2sccc2[C@@H]1COc1ccc(Cl)c(C)c1)C(=O)c1cccc(F)c1. The van der Waals surface area contributed by atoms with Crippen molar-refractivity contribution in [3.05, 3.63) is 99.0 Å². The van der Waals surface area contributed by atoms with Gasteiger partial charge in [-0.05, 0) is 72.3 Å². The van der Waals surface area contributed by atoms with Crippen LogP contribution in [-0.2, 0) is 11.2 Å². The molecule has 0 bridgehead atoms. The first-order valence-corrected chi connectivity index (χ1v) is 12.5. The Kier molecular flexibility index (Phi) is 7.88. The first kappa shape index (κ1) is 24.9. The van der Waals surface area contributed by atoms with Crippen LogP contribution in [0.3, 0.4) is 0 Å². The van der Waals surface area contributed by atoms with E-state index in [-0.39, 0.29) is 37.2 Å². The van der Waals surface area contributed by atoms with Crippen molar-refractivity contribution in [1.82, 2.24) is 9.80 Å². The number of fused-ring (bicyclic) bond motifs is 1. The van der Waals surface area contributed by atoms with E-state index in [0.29, 0.717) is 17.3 Å². The lowest BCUT2D eigenvalue weighted by atomic mass is 10.0. The molecule has 0 radical (unpaired) electrons. The summed E-state index contributed by atoms with van der Waals surface area (Å²) in [5.74, 6) is -0.447. The molecule has 0 aliphatic carbocycles. The molecule has 1 aromatic heterocycles. The van der Waals surface area contributed by atoms with Crippen molar-refractivity contribution in [3.63, 3.8) is 0 Å². The number of hydrogen-bond donors (Lipinski definition) is 0. The van der Waals surface area contributed by atoms with Crippen LogP contribution in [0.1, 0.15) is 32.4 Å². The Morgan fingerprint density at radius 3 is 2.86 bits per heavy atom. The van der Waals surface area contributed by atoms with E-state index in [0.717, 1.165) is 17.5 Å². The molecule has 0 spiro atoms. The summed E-state index contributed by atoms with van der Waals surface area (Å²) in [6.07, 6.45) is 2.30. The number of halogens is 2. The van der Waals surface area contributed by atoms with Gasteiger partial charge in [0.25, 0.3) is 5.91 Å². The fraction of sp³-hybridized carbons (Fsp3) is 0.259. The second kappa shape index (κ2) is 11.1. The summed E-state index contributed by atoms with van der Waals surface area (Å²) in [6, 6.07) is 12.7. The maximum absolute atomic E-state index is 13.7. The topological polar surface area (TPSA) is 49.9 Å². The van der Waals surface area contributed by atoms with Crippen LogP contribution in [-0.4, -0.2) is 47.9 Å². The van der Waals surface area contributed by atoms with Gasteiger partial charge in [-0.15, -0.1) is 17.9 Å². The molecule has 0 fully saturated rings. The fourth-order valence-corrected chi connectivity index (χ4v) is 5.24. The van der Waals surface area contributed by atoms with Crippen molar-refractivity contribution in [3.8, 4) is 5.75 Å². The number of ether oxygens (including phenoxy) is 1. The second-order valence-corrected chi connectivity index (χ2v) is 9.77. The van der Waals surface area contributed by atoms with Gasteiger partial charge in [-0.2, -0.15) is 0 Å². The Morgan fingerprint density at radius 2 is 2.11 bits per heavy atom. The molecule has 1 atom stereocenters. The van der Waals surface area contributed by atoms with Crippen molar-refractivity contribution in [1.29, 1.82) is 0 Å². The van der Waals surface area contributed by atoms with Crippen molar-refractivity contribution in [2.24, 2.45) is 0 Å². The first-order chi connectivity index (χ1) is 16.9. The molecule has 4 rings (SSSR count). The standard InChI is InChI=1S/C27H26ClFN2O3S/c1-3-11-30(27(33)19-5-4-6-20(29)15-19)16-26(32)31-12-9-25-22(10-13-35-25)24(31)17-34-21-7-8-23(28)18(2)14-21/h3-8,10,13-15,24H,1,9,11-12,16-17H2,2H3/t24-/m0/s1. The Hall–Kier alpha value is -3.16. The molecule has 5 nitrogen and oxygen atoms in total. The van der Waals surface area contributed by atoms with Crippen molar-refractivity contribution < 1.29 is 18.7 Å². The van der Waals surface area contributed by atoms with Crippen LogP contribution < -0.4 is 4.74 Å². The van der Waals surface area contributed by atoms with Crippen LogP contribution in [0, 0.1) is 12.7 Å². The zero-order valence-corrected chi connectivity index (χ0v) is 20.9. The monoisotopic (exact) mass is 512 g/mol. The van der Waals surface area contributed by atoms with E-state index < -0.39 is 11.7 Å². The van der Waals surface area contributed by atoms with E-state index in [2.05, 4.69) is 6.58 Å². The summed E-state index contributed by atoms with van der Waals surface area (Å²) in [7, 11) is 0. The third-order valence-corrected chi connectivity index (χ3v) is 7.41. The van der Waals surface area contributed by atoms with E-state index in [4.69, 9.17) is 16.3 Å². The number of carbonyl (C=O) groups excluding carboxylic acids is 2. The highest BCUT2D eigenvalue weighted by atomic mass is 35.5. The molecule has 2 heterocycles. The van der Waals surface area contributed by atoms with Gasteiger partial charge >= 0.3 is 0 Å². The molecule has 0 saturated carbocycles. The minimum Gasteiger partial charge on any atom is -0.491 e. The summed E-state index contributed by atoms with van der Waals surface area (Å²) in [5, 5.41) is 2.69. The number of nitrogens with zero attached hydrogens (tertiary/aromatic N) is 2. The summed E-state index contributed by atoms with van der Waals surface area (Å²) in [4.78, 5) is 30.9. The number of carbonyl (C=O) groups is 2. The van der Waals surface area contributed by atoms with Gasteiger partial charge in [-0.25, -0.2) is 4.39 Å². The Morgan fingerprint density at radius 1 is 1.29 bits per heavy atom. The number of rotatable bonds is 8. The molecular weight excluding hydrogens is 487 g/mol. The molecule has 0 unspecified atom stereocenters. The predicted octanol–water partition coefficient (Wildman–Crippen LogP) is 5.68. The van der Waals surface area contributed by atoms with Gasteiger partial charge in [-0.3, -0.25) is 9.59 Å². The van der Waals surface area contributed by atoms with Gasteiger partial charge in [0.2, 0.25) is 5.91 Å². The van der Waals surface area contributed by atoms with Gasteiger partial charge in [0, 0.05) is 28.6 Å². The third-order valence-electron chi connectivity index (χ3n) is 5.99. The number of benzene rings is 2. The van der Waals surface area contributed by atoms with Crippen molar-refractivity contribution in [2.75, 3.05) is 26.2 Å². The summed E-state index contributed by atoms with van der Waals surface area (Å²) >= 11 is 7.80. The summed E-state index contributed by atoms with van der Waals surface area (Å²) in [6.45, 7) is 6.44. The molecule has 2 amide bonds. The van der Waals surface area contributed by atoms with E-state index in [1.54, 1.807) is 28.4 Å². The molecule has 182 valence electrons. The average Bonchev–Trinajstić information content (AvgIpc) is 3.33. The molecule has 35 heavy (non-hydrogen) atoms. The van der Waals surface area contributed by atoms with Crippen LogP contribution in [0.15, 0.2) is 66.6 Å². The Balaban J connectivity index is 1.53. The first-order valence-electron chi connectivity index (χ1n) is 11.3. The summed E-state index contributed by atoms with van der Waals surface area (Å²) in [5.41, 5.74) is 2.16. The Labute approximate surface area is 213 Å². The number of hydrogen-bond acceptors (Lipinski definition) is 4. The zero-order chi connectivity index (χ0) is 24.9. The quantitative estimate of drug-likeness (QED) is 0.365. The fourth-order valence-electron chi connectivity index (χ4n) is 4.19. The van der Waals surface area contributed by atoms with Crippen LogP contribution in [0.4, 0.5) is 4.39 Å². The molecule has 2 aromatic carbocycles. The average molecular weight is 513 g/mol. The van der Waals surface area contributed by atoms with E-state index in [1.807, 2.05) is 30.5 Å². The van der Waals surface area contributed by atoms with Gasteiger partial charge in [0.1, 0.15) is 24.7 Å². The minimum absolute atomic E-state index is 0.141. The van der Waals surface area contributed by atoms with Crippen LogP contribution in [0.5, 0.6) is 5.75 Å². The Bertz CT molecular complexity index is 1240. The predicted molar refractivity (Wildman–Crippen MR) is 137 cm³/mol. The lowest BCUT2D eigenvalue weighted by Gasteiger charge is -2.37. The highest BCUT2D eigenvalue weighted by Crippen LogP contribution is 2.34. The highest BCUT2D eigenvalue weighted by Gasteiger charge is 2.33. The molecule has 3 aromatic rings. The third kappa shape index (κ3) is 5.74. The zero-order valence-electron chi connectivity index (χ0n) is 19.4. The van der Waals surface area contributed by atoms with Crippen molar-refractivity contribution in [2.45, 2.75) is 19.4 Å². The maximum Gasteiger partial charge on any atom is 0.254 e. The highest BCUT2D eigenvalue weighted by molar-refractivity contribution is 7.10. The smallest absolute Gasteiger partial charge is 0.254 e. The van der Waals surface area contributed by atoms with Gasteiger partial charge in [0.15, 0.2) is 0 Å². The van der Waals surface area contributed by atoms with Crippen molar-refractivity contribution >= 4 is 34.8 Å². The van der Waals surface area contributed by atoms with Gasteiger partial charge in [0.05, 0.1) is 6.04 Å². The van der Waals surface area contributed by atoms with Crippen LogP contribution >= 0.6 is 22.9 Å². The summed E-state index contributed by atoms with van der Waals surface area (Å²) < 4.78 is 19.8. The minimum atomic E-state index is -0.503. The number of amides is 2. The lowest BCUT2D eigenvalue weighted by Crippen LogP contribution is -2.47. The number of thiophene rings is 1. The van der Waals surface area contributed by atoms with Crippen LogP contribution in [0.2, 0.25) is 5.02 Å². The normalized spacial score (nSPS) is 14.8. The molecule has 0 saturated heterocycles. The van der Waals surface area contributed by atoms with Gasteiger partial charge < -0.3 is 14.5 Å². The molecule has 8 heteroatoms. The van der Waals surface area contributed by atoms with E-state index in [1.165, 1.54) is 34.0 Å². The van der Waals surface area contributed by atoms with Gasteiger partial charge in [-0.1, -0.05) is 23.7 Å². The van der Waals surface area contributed by atoms with Crippen LogP contribution in [0.25, 0.3) is 0 Å². The molecular formula is C27H26ClFN2O3S. The molecule has 1 aliphatic heterocycles. The largest absolute Gasteiger partial charge is 0.491 e. The second-order valence-electron chi connectivity index (χ2n) is 8.36. The van der Waals surface area contributed by atoms with E-state index >= 15 is 0 Å². The van der Waals surface area contributed by atoms with E-state index in [9.17, 15) is 14.0 Å². The maximum atomic E-state index is 13.7. The molecule has 1 aliphatic rings. The lowest BCUT2D eigenvalue weighted by molar-refractivity contribution is -0.135. The number of aryl methyl sites for hydroxylation is 1. The molecule has 0 N–H and O–H groups in total.